The second-order valence-corrected chi connectivity index (χ2v) is 3.20. The van der Waals surface area contributed by atoms with Crippen LogP contribution in [-0.2, 0) is 6.61 Å². The Morgan fingerprint density at radius 1 is 1.55 bits per heavy atom. The number of hydrogen-bond acceptors (Lipinski definition) is 2. The Labute approximate surface area is 77.8 Å². The van der Waals surface area contributed by atoms with E-state index >= 15 is 0 Å². The van der Waals surface area contributed by atoms with Crippen LogP contribution in [0.2, 0.25) is 0 Å². The first kappa shape index (κ1) is 8.43. The Morgan fingerprint density at radius 3 is 2.82 bits per heavy atom. The molecule has 0 aliphatic carbocycles. The molecule has 0 amide bonds. The lowest BCUT2D eigenvalue weighted by atomic mass is 10.2. The number of aliphatic hydroxyl groups is 1. The molecule has 3 nitrogen and oxygen atoms in total. The Hall–Kier alpha value is -0.670. The molecule has 0 bridgehead atoms. The highest BCUT2D eigenvalue weighted by atomic mass is 127. The highest BCUT2D eigenvalue weighted by Crippen LogP contribution is 2.19. The van der Waals surface area contributed by atoms with Gasteiger partial charge in [0.25, 0.3) is 0 Å². The van der Waals surface area contributed by atoms with Crippen LogP contribution in [0.5, 0.6) is 0 Å². The first-order valence-electron chi connectivity index (χ1n) is 3.02. The molecule has 1 N–H and O–H groups in total. The molecule has 56 valence electrons. The standard InChI is InChI=1S/C7H6IN2O/c8-7-2-1-6(10-9)3-5(7)4-11/h1-3,11H,4H2/q+1. The van der Waals surface area contributed by atoms with Gasteiger partial charge >= 0.3 is 5.69 Å². The summed E-state index contributed by atoms with van der Waals surface area (Å²) in [7, 11) is 0. The molecule has 0 saturated heterocycles. The van der Waals surface area contributed by atoms with Crippen LogP contribution in [0.1, 0.15) is 5.56 Å². The fourth-order valence-corrected chi connectivity index (χ4v) is 1.25. The highest BCUT2D eigenvalue weighted by Gasteiger charge is 2.07. The number of halogens is 1. The zero-order valence-corrected chi connectivity index (χ0v) is 7.82. The normalized spacial score (nSPS) is 9.18. The Balaban J connectivity index is 3.15. The van der Waals surface area contributed by atoms with Crippen molar-refractivity contribution in [3.05, 3.63) is 32.3 Å². The predicted octanol–water partition coefficient (Wildman–Crippen LogP) is 2.27. The zero-order chi connectivity index (χ0) is 8.27. The first-order valence-corrected chi connectivity index (χ1v) is 4.10. The molecule has 1 aromatic rings. The van der Waals surface area contributed by atoms with E-state index in [2.05, 4.69) is 27.6 Å². The molecule has 1 aromatic carbocycles. The van der Waals surface area contributed by atoms with Crippen LogP contribution in [0.4, 0.5) is 5.69 Å². The van der Waals surface area contributed by atoms with Gasteiger partial charge in [0.05, 0.1) is 6.61 Å². The lowest BCUT2D eigenvalue weighted by molar-refractivity contribution is 0.281. The van der Waals surface area contributed by atoms with E-state index in [1.165, 1.54) is 0 Å². The average Bonchev–Trinajstić information content (AvgIpc) is 2.05. The average molecular weight is 261 g/mol. The summed E-state index contributed by atoms with van der Waals surface area (Å²) in [5.41, 5.74) is 1.25. The van der Waals surface area contributed by atoms with Crippen LogP contribution in [0.15, 0.2) is 18.2 Å². The van der Waals surface area contributed by atoms with E-state index in [0.717, 1.165) is 9.13 Å². The van der Waals surface area contributed by atoms with E-state index in [9.17, 15) is 0 Å². The molecule has 11 heavy (non-hydrogen) atoms. The van der Waals surface area contributed by atoms with Gasteiger partial charge in [0, 0.05) is 15.7 Å². The third kappa shape index (κ3) is 1.88. The predicted molar refractivity (Wildman–Crippen MR) is 49.8 cm³/mol. The Morgan fingerprint density at radius 2 is 2.27 bits per heavy atom. The summed E-state index contributed by atoms with van der Waals surface area (Å²) in [6.45, 7) is -0.0262. The molecule has 1 rings (SSSR count). The van der Waals surface area contributed by atoms with E-state index in [0.29, 0.717) is 5.69 Å². The van der Waals surface area contributed by atoms with E-state index < -0.39 is 0 Å². The van der Waals surface area contributed by atoms with Crippen molar-refractivity contribution in [3.8, 4) is 0 Å². The molecule has 0 spiro atoms. The molecular formula is C7H6IN2O+. The van der Waals surface area contributed by atoms with Gasteiger partial charge in [-0.2, -0.15) is 0 Å². The Bertz CT molecular complexity index is 306. The highest BCUT2D eigenvalue weighted by molar-refractivity contribution is 14.1. The summed E-state index contributed by atoms with van der Waals surface area (Å²) < 4.78 is 0.970. The fourth-order valence-electron chi connectivity index (χ4n) is 0.745. The lowest BCUT2D eigenvalue weighted by Crippen LogP contribution is -1.85. The van der Waals surface area contributed by atoms with Gasteiger partial charge in [-0.15, -0.1) is 0 Å². The third-order valence-corrected chi connectivity index (χ3v) is 2.37. The van der Waals surface area contributed by atoms with Crippen LogP contribution in [-0.4, -0.2) is 5.11 Å². The number of rotatable bonds is 1. The molecule has 0 aromatic heterocycles. The van der Waals surface area contributed by atoms with Gasteiger partial charge in [-0.25, -0.2) is 0 Å². The van der Waals surface area contributed by atoms with Crippen LogP contribution < -0.4 is 0 Å². The van der Waals surface area contributed by atoms with Crippen molar-refractivity contribution in [3.63, 3.8) is 0 Å². The molecule has 4 heteroatoms. The topological polar surface area (TPSA) is 48.4 Å². The van der Waals surface area contributed by atoms with Crippen molar-refractivity contribution in [1.82, 2.24) is 0 Å². The van der Waals surface area contributed by atoms with Crippen LogP contribution in [0.3, 0.4) is 0 Å². The number of benzene rings is 1. The minimum absolute atomic E-state index is 0.0262. The van der Waals surface area contributed by atoms with E-state index in [-0.39, 0.29) is 6.61 Å². The van der Waals surface area contributed by atoms with Gasteiger partial charge in [0.15, 0.2) is 4.98 Å². The summed E-state index contributed by atoms with van der Waals surface area (Å²) in [5.74, 6) is 0. The van der Waals surface area contributed by atoms with E-state index in [4.69, 9.17) is 10.5 Å². The van der Waals surface area contributed by atoms with Gasteiger partial charge in [0.2, 0.25) is 5.39 Å². The van der Waals surface area contributed by atoms with Crippen LogP contribution >= 0.6 is 22.6 Å². The summed E-state index contributed by atoms with van der Waals surface area (Å²) in [5, 5.41) is 17.2. The minimum atomic E-state index is -0.0262. The first-order chi connectivity index (χ1) is 5.27. The molecule has 0 aliphatic heterocycles. The quantitative estimate of drug-likeness (QED) is 0.622. The van der Waals surface area contributed by atoms with Crippen molar-refractivity contribution in [1.29, 1.82) is 5.39 Å². The number of hydrogen-bond donors (Lipinski definition) is 1. The summed E-state index contributed by atoms with van der Waals surface area (Å²) in [4.78, 5) is 3.01. The molecule has 0 atom stereocenters. The SMILES string of the molecule is N#[N+]c1ccc(I)c(CO)c1. The van der Waals surface area contributed by atoms with Crippen LogP contribution in [0.25, 0.3) is 4.98 Å². The monoisotopic (exact) mass is 261 g/mol. The molecular weight excluding hydrogens is 255 g/mol. The molecule has 0 radical (unpaired) electrons. The summed E-state index contributed by atoms with van der Waals surface area (Å²) in [6.07, 6.45) is 0. The van der Waals surface area contributed by atoms with Gasteiger partial charge in [-0.3, -0.25) is 0 Å². The van der Waals surface area contributed by atoms with E-state index in [1.54, 1.807) is 18.2 Å². The maximum absolute atomic E-state index is 8.81. The van der Waals surface area contributed by atoms with Gasteiger partial charge in [-0.05, 0) is 34.2 Å². The van der Waals surface area contributed by atoms with Gasteiger partial charge in [-0.1, -0.05) is 0 Å². The molecule has 0 unspecified atom stereocenters. The lowest BCUT2D eigenvalue weighted by Gasteiger charge is -1.94. The molecule has 0 heterocycles. The van der Waals surface area contributed by atoms with Crippen LogP contribution in [0, 0.1) is 8.96 Å². The fraction of sp³-hybridized carbons (Fsp3) is 0.143. The Kier molecular flexibility index (Phi) is 2.79. The van der Waals surface area contributed by atoms with Crippen molar-refractivity contribution in [2.75, 3.05) is 0 Å². The smallest absolute Gasteiger partial charge is 0.385 e. The van der Waals surface area contributed by atoms with Gasteiger partial charge in [0.1, 0.15) is 0 Å². The molecule has 0 aliphatic rings. The van der Waals surface area contributed by atoms with Crippen molar-refractivity contribution in [2.24, 2.45) is 0 Å². The summed E-state index contributed by atoms with van der Waals surface area (Å²) in [6, 6.07) is 5.11. The largest absolute Gasteiger partial charge is 0.392 e. The maximum atomic E-state index is 8.81. The van der Waals surface area contributed by atoms with E-state index in [1.807, 2.05) is 0 Å². The second-order valence-electron chi connectivity index (χ2n) is 2.03. The molecule has 0 saturated carbocycles. The minimum Gasteiger partial charge on any atom is -0.392 e. The van der Waals surface area contributed by atoms with Crippen molar-refractivity contribution in [2.45, 2.75) is 6.61 Å². The third-order valence-electron chi connectivity index (χ3n) is 1.32. The summed E-state index contributed by atoms with van der Waals surface area (Å²) >= 11 is 2.11. The number of aliphatic hydroxyl groups excluding tert-OH is 1. The molecule has 0 fully saturated rings. The van der Waals surface area contributed by atoms with Crippen molar-refractivity contribution < 1.29 is 5.11 Å². The number of diazo groups is 1. The van der Waals surface area contributed by atoms with Crippen molar-refractivity contribution >= 4 is 28.3 Å². The maximum Gasteiger partial charge on any atom is 0.385 e. The zero-order valence-electron chi connectivity index (χ0n) is 5.66. The second kappa shape index (κ2) is 3.64. The van der Waals surface area contributed by atoms with Gasteiger partial charge < -0.3 is 5.11 Å². The number of nitrogens with zero attached hydrogens (tertiary/aromatic N) is 2.